The third-order valence-corrected chi connectivity index (χ3v) is 9.15. The van der Waals surface area contributed by atoms with Gasteiger partial charge in [0.05, 0.1) is 0 Å². The van der Waals surface area contributed by atoms with Gasteiger partial charge in [0.25, 0.3) is 0 Å². The first-order valence-corrected chi connectivity index (χ1v) is 10.4. The van der Waals surface area contributed by atoms with Crippen molar-refractivity contribution in [3.63, 3.8) is 0 Å². The van der Waals surface area contributed by atoms with Crippen molar-refractivity contribution in [3.05, 3.63) is 11.6 Å². The van der Waals surface area contributed by atoms with Crippen LogP contribution in [0.2, 0.25) is 0 Å². The molecule has 138 valence electrons. The molecule has 3 heteroatoms. The number of rotatable bonds is 3. The summed E-state index contributed by atoms with van der Waals surface area (Å²) in [5.74, 6) is 3.05. The zero-order valence-corrected chi connectivity index (χ0v) is 15.8. The summed E-state index contributed by atoms with van der Waals surface area (Å²) in [6.45, 7) is 4.92. The summed E-state index contributed by atoms with van der Waals surface area (Å²) < 4.78 is 0. The van der Waals surface area contributed by atoms with Crippen LogP contribution in [0.15, 0.2) is 11.6 Å². The van der Waals surface area contributed by atoms with Crippen LogP contribution in [0.1, 0.15) is 71.6 Å². The van der Waals surface area contributed by atoms with E-state index in [4.69, 9.17) is 5.73 Å². The highest BCUT2D eigenvalue weighted by molar-refractivity contribution is 5.92. The van der Waals surface area contributed by atoms with E-state index in [9.17, 15) is 9.59 Å². The first-order valence-electron chi connectivity index (χ1n) is 10.4. The standard InChI is InChI=1S/C22H33NO2/c1-21-12-9-19-15(17(21)7-5-14(21)10-13-24)6-8-18-16(20(23)25)4-3-11-22(18,19)2/h4,13-15,17-19H,3,5-12H2,1-2H3,(H2,23,25)/t14-,15+,17+,18?,19+,21-,22+/m1/s1. The molecule has 0 aromatic rings. The van der Waals surface area contributed by atoms with Gasteiger partial charge >= 0.3 is 0 Å². The van der Waals surface area contributed by atoms with E-state index >= 15 is 0 Å². The molecule has 3 saturated carbocycles. The van der Waals surface area contributed by atoms with Crippen LogP contribution >= 0.6 is 0 Å². The molecule has 0 spiro atoms. The van der Waals surface area contributed by atoms with Crippen molar-refractivity contribution in [1.82, 2.24) is 0 Å². The molecule has 2 N–H and O–H groups in total. The molecule has 0 radical (unpaired) electrons. The van der Waals surface area contributed by atoms with Crippen LogP contribution in [0.5, 0.6) is 0 Å². The molecule has 7 atom stereocenters. The third kappa shape index (κ3) is 2.37. The molecule has 1 amide bonds. The second kappa shape index (κ2) is 5.96. The van der Waals surface area contributed by atoms with Crippen molar-refractivity contribution in [2.24, 2.45) is 46.2 Å². The van der Waals surface area contributed by atoms with E-state index < -0.39 is 0 Å². The smallest absolute Gasteiger partial charge is 0.244 e. The summed E-state index contributed by atoms with van der Waals surface area (Å²) >= 11 is 0. The number of carbonyl (C=O) groups is 2. The molecule has 3 nitrogen and oxygen atoms in total. The number of hydrogen-bond donors (Lipinski definition) is 1. The van der Waals surface area contributed by atoms with E-state index in [0.29, 0.717) is 17.3 Å². The monoisotopic (exact) mass is 343 g/mol. The van der Waals surface area contributed by atoms with E-state index in [-0.39, 0.29) is 11.3 Å². The molecule has 0 aromatic heterocycles. The predicted molar refractivity (Wildman–Crippen MR) is 98.6 cm³/mol. The van der Waals surface area contributed by atoms with Crippen LogP contribution in [0.4, 0.5) is 0 Å². The second-order valence-corrected chi connectivity index (χ2v) is 9.80. The number of aldehydes is 1. The van der Waals surface area contributed by atoms with Gasteiger partial charge in [0, 0.05) is 12.0 Å². The van der Waals surface area contributed by atoms with Gasteiger partial charge in [0.1, 0.15) is 6.29 Å². The molecule has 0 aliphatic heterocycles. The second-order valence-electron chi connectivity index (χ2n) is 9.80. The Kier molecular flexibility index (Phi) is 4.12. The maximum absolute atomic E-state index is 12.0. The van der Waals surface area contributed by atoms with E-state index in [2.05, 4.69) is 19.9 Å². The van der Waals surface area contributed by atoms with Gasteiger partial charge in [-0.15, -0.1) is 0 Å². The fourth-order valence-corrected chi connectivity index (χ4v) is 7.89. The Morgan fingerprint density at radius 1 is 1.12 bits per heavy atom. The van der Waals surface area contributed by atoms with Gasteiger partial charge in [-0.1, -0.05) is 19.9 Å². The number of hydrogen-bond acceptors (Lipinski definition) is 2. The molecule has 0 aromatic carbocycles. The van der Waals surface area contributed by atoms with Crippen molar-refractivity contribution in [1.29, 1.82) is 0 Å². The van der Waals surface area contributed by atoms with Gasteiger partial charge in [-0.25, -0.2) is 0 Å². The van der Waals surface area contributed by atoms with Crippen molar-refractivity contribution in [3.8, 4) is 0 Å². The minimum absolute atomic E-state index is 0.193. The molecule has 3 fully saturated rings. The third-order valence-electron chi connectivity index (χ3n) is 9.15. The lowest BCUT2D eigenvalue weighted by Gasteiger charge is -2.60. The van der Waals surface area contributed by atoms with Crippen LogP contribution in [0.25, 0.3) is 0 Å². The summed E-state index contributed by atoms with van der Waals surface area (Å²) in [5.41, 5.74) is 7.25. The lowest BCUT2D eigenvalue weighted by molar-refractivity contribution is -0.120. The highest BCUT2D eigenvalue weighted by Crippen LogP contribution is 2.67. The van der Waals surface area contributed by atoms with E-state index in [1.807, 2.05) is 0 Å². The van der Waals surface area contributed by atoms with E-state index in [1.165, 1.54) is 38.5 Å². The molecule has 0 heterocycles. The number of carbonyl (C=O) groups excluding carboxylic acids is 2. The Hall–Kier alpha value is -1.12. The summed E-state index contributed by atoms with van der Waals surface area (Å²) in [6, 6.07) is 0. The zero-order chi connectivity index (χ0) is 17.8. The van der Waals surface area contributed by atoms with Crippen LogP contribution in [0, 0.1) is 40.4 Å². The van der Waals surface area contributed by atoms with Gasteiger partial charge in [-0.3, -0.25) is 4.79 Å². The molecular weight excluding hydrogens is 310 g/mol. The maximum atomic E-state index is 12.0. The number of fused-ring (bicyclic) bond motifs is 5. The molecule has 25 heavy (non-hydrogen) atoms. The van der Waals surface area contributed by atoms with Gasteiger partial charge < -0.3 is 10.5 Å². The quantitative estimate of drug-likeness (QED) is 0.779. The molecule has 0 bridgehead atoms. The Morgan fingerprint density at radius 3 is 2.60 bits per heavy atom. The fourth-order valence-electron chi connectivity index (χ4n) is 7.89. The predicted octanol–water partition coefficient (Wildman–Crippen LogP) is 4.26. The van der Waals surface area contributed by atoms with Gasteiger partial charge in [0.15, 0.2) is 0 Å². The van der Waals surface area contributed by atoms with Crippen LogP contribution in [-0.4, -0.2) is 12.2 Å². The number of allylic oxidation sites excluding steroid dienone is 1. The number of nitrogens with two attached hydrogens (primary N) is 1. The lowest BCUT2D eigenvalue weighted by Crippen LogP contribution is -2.53. The minimum Gasteiger partial charge on any atom is -0.366 e. The Bertz CT molecular complexity index is 611. The van der Waals surface area contributed by atoms with Gasteiger partial charge in [-0.05, 0) is 91.8 Å². The van der Waals surface area contributed by atoms with Crippen molar-refractivity contribution >= 4 is 12.2 Å². The van der Waals surface area contributed by atoms with E-state index in [0.717, 1.165) is 48.9 Å². The zero-order valence-electron chi connectivity index (χ0n) is 15.8. The first-order chi connectivity index (χ1) is 11.9. The summed E-state index contributed by atoms with van der Waals surface area (Å²) in [7, 11) is 0. The highest BCUT2D eigenvalue weighted by atomic mass is 16.1. The van der Waals surface area contributed by atoms with Crippen molar-refractivity contribution in [2.75, 3.05) is 0 Å². The summed E-state index contributed by atoms with van der Waals surface area (Å²) in [4.78, 5) is 23.1. The maximum Gasteiger partial charge on any atom is 0.244 e. The summed E-state index contributed by atoms with van der Waals surface area (Å²) in [5, 5.41) is 0. The lowest BCUT2D eigenvalue weighted by atomic mass is 9.44. The van der Waals surface area contributed by atoms with E-state index in [1.54, 1.807) is 0 Å². The molecule has 4 aliphatic carbocycles. The number of primary amides is 1. The van der Waals surface area contributed by atoms with Crippen LogP contribution in [-0.2, 0) is 9.59 Å². The average molecular weight is 344 g/mol. The topological polar surface area (TPSA) is 60.2 Å². The first kappa shape index (κ1) is 17.3. The Morgan fingerprint density at radius 2 is 1.88 bits per heavy atom. The largest absolute Gasteiger partial charge is 0.366 e. The Labute approximate surface area is 151 Å². The average Bonchev–Trinajstić information content (AvgIpc) is 2.90. The van der Waals surface area contributed by atoms with Crippen LogP contribution in [0.3, 0.4) is 0 Å². The van der Waals surface area contributed by atoms with Gasteiger partial charge in [-0.2, -0.15) is 0 Å². The normalized spacial score (nSPS) is 48.7. The molecule has 4 rings (SSSR count). The molecule has 0 saturated heterocycles. The highest BCUT2D eigenvalue weighted by Gasteiger charge is 2.60. The summed E-state index contributed by atoms with van der Waals surface area (Å²) in [6.07, 6.45) is 13.7. The number of amides is 1. The SMILES string of the molecule is C[C@]12CC[C@H]3[C@@H](CCC4C(C(N)=O)=CCC[C@@]43C)[C@@H]1CC[C@@H]2CC=O. The molecular formula is C22H33NO2. The molecule has 1 unspecified atom stereocenters. The van der Waals surface area contributed by atoms with Crippen molar-refractivity contribution < 1.29 is 9.59 Å². The minimum atomic E-state index is -0.193. The van der Waals surface area contributed by atoms with Crippen LogP contribution < -0.4 is 5.73 Å². The molecule has 4 aliphatic rings. The van der Waals surface area contributed by atoms with Gasteiger partial charge in [0.2, 0.25) is 5.91 Å². The fraction of sp³-hybridized carbons (Fsp3) is 0.818. The van der Waals surface area contributed by atoms with Crippen molar-refractivity contribution in [2.45, 2.75) is 71.6 Å². The Balaban J connectivity index is 1.63.